The van der Waals surface area contributed by atoms with Gasteiger partial charge in [0, 0.05) is 25.1 Å². The predicted octanol–water partition coefficient (Wildman–Crippen LogP) is 1.71. The largest absolute Gasteiger partial charge is 0.378 e. The van der Waals surface area contributed by atoms with E-state index >= 15 is 0 Å². The molecule has 2 aliphatic rings. The summed E-state index contributed by atoms with van der Waals surface area (Å²) in [5.74, 6) is 0.542. The Morgan fingerprint density at radius 3 is 2.95 bits per heavy atom. The van der Waals surface area contributed by atoms with Gasteiger partial charge in [-0.25, -0.2) is 4.79 Å². The molecule has 2 fully saturated rings. The summed E-state index contributed by atoms with van der Waals surface area (Å²) in [6.45, 7) is 1.52. The Balaban J connectivity index is 1.36. The van der Waals surface area contributed by atoms with Crippen LogP contribution in [0.25, 0.3) is 0 Å². The fourth-order valence-electron chi connectivity index (χ4n) is 2.95. The molecule has 1 aromatic rings. The molecule has 3 rings (SSSR count). The highest BCUT2D eigenvalue weighted by Gasteiger charge is 2.45. The molecular formula is C15H20N2O2. The molecule has 4 heteroatoms. The lowest BCUT2D eigenvalue weighted by Crippen LogP contribution is -2.55. The summed E-state index contributed by atoms with van der Waals surface area (Å²) < 4.78 is 5.53. The summed E-state index contributed by atoms with van der Waals surface area (Å²) in [5, 5.41) is 5.96. The normalized spacial score (nSPS) is 28.3. The van der Waals surface area contributed by atoms with E-state index in [0.717, 1.165) is 25.9 Å². The minimum atomic E-state index is -0.0497. The molecule has 1 saturated heterocycles. The van der Waals surface area contributed by atoms with Gasteiger partial charge in [0.25, 0.3) is 0 Å². The molecule has 0 bridgehead atoms. The standard InChI is InChI=1S/C15H20N2O2/c18-15(16-8-6-11-4-2-1-3-5-11)17-13-10-14-12(13)7-9-19-14/h1-5,12-14H,6-10H2,(H2,16,17,18)/t12-,13-,14+/m1/s1. The lowest BCUT2D eigenvalue weighted by atomic mass is 9.76. The van der Waals surface area contributed by atoms with Crippen LogP contribution in [0.3, 0.4) is 0 Å². The number of carbonyl (C=O) groups is 1. The summed E-state index contributed by atoms with van der Waals surface area (Å²) in [6, 6.07) is 10.4. The Morgan fingerprint density at radius 2 is 2.16 bits per heavy atom. The Labute approximate surface area is 113 Å². The average Bonchev–Trinajstić information content (AvgIpc) is 2.79. The Kier molecular flexibility index (Phi) is 3.69. The van der Waals surface area contributed by atoms with Gasteiger partial charge in [-0.05, 0) is 24.8 Å². The maximum atomic E-state index is 11.8. The average molecular weight is 260 g/mol. The van der Waals surface area contributed by atoms with Gasteiger partial charge in [-0.2, -0.15) is 0 Å². The van der Waals surface area contributed by atoms with Gasteiger partial charge in [0.15, 0.2) is 0 Å². The van der Waals surface area contributed by atoms with Gasteiger partial charge in [-0.1, -0.05) is 30.3 Å². The van der Waals surface area contributed by atoms with E-state index in [9.17, 15) is 4.79 Å². The molecule has 19 heavy (non-hydrogen) atoms. The van der Waals surface area contributed by atoms with E-state index in [-0.39, 0.29) is 6.03 Å². The number of rotatable bonds is 4. The van der Waals surface area contributed by atoms with Gasteiger partial charge in [-0.15, -0.1) is 0 Å². The van der Waals surface area contributed by atoms with Crippen molar-refractivity contribution in [3.05, 3.63) is 35.9 Å². The number of carbonyl (C=O) groups excluding carboxylic acids is 1. The molecule has 1 saturated carbocycles. The predicted molar refractivity (Wildman–Crippen MR) is 72.9 cm³/mol. The quantitative estimate of drug-likeness (QED) is 0.866. The van der Waals surface area contributed by atoms with Crippen molar-refractivity contribution in [2.45, 2.75) is 31.4 Å². The van der Waals surface area contributed by atoms with E-state index in [1.54, 1.807) is 0 Å². The third-order valence-electron chi connectivity index (χ3n) is 4.12. The summed E-state index contributed by atoms with van der Waals surface area (Å²) in [4.78, 5) is 11.8. The molecule has 4 nitrogen and oxygen atoms in total. The Bertz CT molecular complexity index is 435. The van der Waals surface area contributed by atoms with Crippen LogP contribution in [0.2, 0.25) is 0 Å². The van der Waals surface area contributed by atoms with Crippen LogP contribution in [-0.4, -0.2) is 31.3 Å². The second-order valence-electron chi connectivity index (χ2n) is 5.34. The van der Waals surface area contributed by atoms with Crippen molar-refractivity contribution >= 4 is 6.03 Å². The minimum Gasteiger partial charge on any atom is -0.378 e. The molecule has 2 N–H and O–H groups in total. The summed E-state index contributed by atoms with van der Waals surface area (Å²) in [7, 11) is 0. The lowest BCUT2D eigenvalue weighted by molar-refractivity contribution is 0.0109. The van der Waals surface area contributed by atoms with Crippen LogP contribution < -0.4 is 10.6 Å². The third kappa shape index (κ3) is 2.89. The molecule has 0 unspecified atom stereocenters. The van der Waals surface area contributed by atoms with Gasteiger partial charge >= 0.3 is 6.03 Å². The molecule has 1 heterocycles. The smallest absolute Gasteiger partial charge is 0.315 e. The van der Waals surface area contributed by atoms with Crippen molar-refractivity contribution in [2.24, 2.45) is 5.92 Å². The topological polar surface area (TPSA) is 50.4 Å². The molecule has 102 valence electrons. The van der Waals surface area contributed by atoms with E-state index < -0.39 is 0 Å². The van der Waals surface area contributed by atoms with Crippen LogP contribution in [0.4, 0.5) is 4.79 Å². The summed E-state index contributed by atoms with van der Waals surface area (Å²) >= 11 is 0. The first-order valence-electron chi connectivity index (χ1n) is 7.03. The number of amides is 2. The molecule has 1 aliphatic carbocycles. The van der Waals surface area contributed by atoms with Gasteiger partial charge in [0.2, 0.25) is 0 Å². The van der Waals surface area contributed by atoms with Crippen molar-refractivity contribution < 1.29 is 9.53 Å². The molecule has 2 amide bonds. The van der Waals surface area contributed by atoms with Crippen LogP contribution in [0.5, 0.6) is 0 Å². The van der Waals surface area contributed by atoms with Crippen molar-refractivity contribution in [1.82, 2.24) is 10.6 Å². The summed E-state index contributed by atoms with van der Waals surface area (Å²) in [5.41, 5.74) is 1.25. The maximum absolute atomic E-state index is 11.8. The molecule has 0 radical (unpaired) electrons. The highest BCUT2D eigenvalue weighted by Crippen LogP contribution is 2.38. The fraction of sp³-hybridized carbons (Fsp3) is 0.533. The molecule has 0 spiro atoms. The lowest BCUT2D eigenvalue weighted by Gasteiger charge is -2.39. The zero-order chi connectivity index (χ0) is 13.1. The molecular weight excluding hydrogens is 240 g/mol. The van der Waals surface area contributed by atoms with Crippen molar-refractivity contribution in [1.29, 1.82) is 0 Å². The van der Waals surface area contributed by atoms with E-state index in [4.69, 9.17) is 4.74 Å². The van der Waals surface area contributed by atoms with Crippen LogP contribution in [0.15, 0.2) is 30.3 Å². The Hall–Kier alpha value is -1.55. The number of fused-ring (bicyclic) bond motifs is 1. The molecule has 1 aromatic carbocycles. The van der Waals surface area contributed by atoms with Gasteiger partial charge in [-0.3, -0.25) is 0 Å². The molecule has 1 aliphatic heterocycles. The van der Waals surface area contributed by atoms with Crippen molar-refractivity contribution in [3.8, 4) is 0 Å². The van der Waals surface area contributed by atoms with Gasteiger partial charge < -0.3 is 15.4 Å². The fourth-order valence-corrected chi connectivity index (χ4v) is 2.95. The van der Waals surface area contributed by atoms with Crippen LogP contribution in [0, 0.1) is 5.92 Å². The number of urea groups is 1. The van der Waals surface area contributed by atoms with E-state index in [1.807, 2.05) is 18.2 Å². The zero-order valence-corrected chi connectivity index (χ0v) is 11.0. The summed E-state index contributed by atoms with van der Waals surface area (Å²) in [6.07, 6.45) is 3.32. The number of nitrogens with one attached hydrogen (secondary N) is 2. The second kappa shape index (κ2) is 5.61. The molecule has 3 atom stereocenters. The highest BCUT2D eigenvalue weighted by molar-refractivity contribution is 5.74. The first-order chi connectivity index (χ1) is 9.33. The molecule has 0 aromatic heterocycles. The highest BCUT2D eigenvalue weighted by atomic mass is 16.5. The maximum Gasteiger partial charge on any atom is 0.315 e. The van der Waals surface area contributed by atoms with Gasteiger partial charge in [0.1, 0.15) is 0 Å². The zero-order valence-electron chi connectivity index (χ0n) is 11.0. The van der Waals surface area contributed by atoms with Gasteiger partial charge in [0.05, 0.1) is 6.10 Å². The SMILES string of the molecule is O=C(NCCc1ccccc1)N[C@@H]1C[C@@H]2OCC[C@@H]21. The minimum absolute atomic E-state index is 0.0497. The Morgan fingerprint density at radius 1 is 1.32 bits per heavy atom. The van der Waals surface area contributed by atoms with Crippen LogP contribution in [0.1, 0.15) is 18.4 Å². The monoisotopic (exact) mass is 260 g/mol. The van der Waals surface area contributed by atoms with Crippen molar-refractivity contribution in [2.75, 3.05) is 13.2 Å². The van der Waals surface area contributed by atoms with E-state index in [2.05, 4.69) is 22.8 Å². The van der Waals surface area contributed by atoms with E-state index in [0.29, 0.717) is 24.6 Å². The third-order valence-corrected chi connectivity index (χ3v) is 4.12. The number of ether oxygens (including phenoxy) is 1. The number of hydrogen-bond donors (Lipinski definition) is 2. The van der Waals surface area contributed by atoms with Crippen molar-refractivity contribution in [3.63, 3.8) is 0 Å². The second-order valence-corrected chi connectivity index (χ2v) is 5.34. The number of benzene rings is 1. The van der Waals surface area contributed by atoms with E-state index in [1.165, 1.54) is 5.56 Å². The number of hydrogen-bond acceptors (Lipinski definition) is 2. The first-order valence-corrected chi connectivity index (χ1v) is 7.03. The first kappa shape index (κ1) is 12.5. The van der Waals surface area contributed by atoms with Crippen LogP contribution >= 0.6 is 0 Å². The van der Waals surface area contributed by atoms with Crippen LogP contribution in [-0.2, 0) is 11.2 Å².